The van der Waals surface area contributed by atoms with Crippen LogP contribution in [0, 0.1) is 0 Å². The van der Waals surface area contributed by atoms with Crippen LogP contribution >= 0.6 is 0 Å². The Balaban J connectivity index is 2.26. The van der Waals surface area contributed by atoms with Gasteiger partial charge < -0.3 is 11.1 Å². The average molecular weight is 193 g/mol. The highest BCUT2D eigenvalue weighted by molar-refractivity contribution is 5.80. The third-order valence-corrected chi connectivity index (χ3v) is 1.88. The SMILES string of the molecule is C[C@@H](N)C(=O)NCCc1ccncc1. The Morgan fingerprint density at radius 2 is 2.21 bits per heavy atom. The summed E-state index contributed by atoms with van der Waals surface area (Å²) in [4.78, 5) is 15.0. The third kappa shape index (κ3) is 3.53. The molecular weight excluding hydrogens is 178 g/mol. The first-order valence-electron chi connectivity index (χ1n) is 4.62. The monoisotopic (exact) mass is 193 g/mol. The van der Waals surface area contributed by atoms with Gasteiger partial charge in [-0.3, -0.25) is 9.78 Å². The van der Waals surface area contributed by atoms with Crippen LogP contribution in [0.4, 0.5) is 0 Å². The minimum absolute atomic E-state index is 0.112. The lowest BCUT2D eigenvalue weighted by Gasteiger charge is -2.07. The fourth-order valence-corrected chi connectivity index (χ4v) is 1.04. The molecule has 1 heterocycles. The number of carbonyl (C=O) groups is 1. The van der Waals surface area contributed by atoms with Gasteiger partial charge in [0, 0.05) is 18.9 Å². The molecule has 0 aliphatic carbocycles. The number of carbonyl (C=O) groups excluding carboxylic acids is 1. The smallest absolute Gasteiger partial charge is 0.236 e. The van der Waals surface area contributed by atoms with E-state index in [0.29, 0.717) is 6.54 Å². The van der Waals surface area contributed by atoms with Gasteiger partial charge in [-0.05, 0) is 31.0 Å². The quantitative estimate of drug-likeness (QED) is 0.712. The number of hydrogen-bond donors (Lipinski definition) is 2. The van der Waals surface area contributed by atoms with Crippen LogP contribution in [0.3, 0.4) is 0 Å². The van der Waals surface area contributed by atoms with Gasteiger partial charge in [0.25, 0.3) is 0 Å². The summed E-state index contributed by atoms with van der Waals surface area (Å²) in [6, 6.07) is 3.42. The van der Waals surface area contributed by atoms with Gasteiger partial charge in [0.2, 0.25) is 5.91 Å². The van der Waals surface area contributed by atoms with Gasteiger partial charge in [-0.1, -0.05) is 0 Å². The van der Waals surface area contributed by atoms with Gasteiger partial charge in [0.15, 0.2) is 0 Å². The molecule has 1 amide bonds. The summed E-state index contributed by atoms with van der Waals surface area (Å²) in [5.41, 5.74) is 6.55. The highest BCUT2D eigenvalue weighted by Gasteiger charge is 2.04. The minimum Gasteiger partial charge on any atom is -0.354 e. The summed E-state index contributed by atoms with van der Waals surface area (Å²) in [7, 11) is 0. The molecule has 0 saturated carbocycles. The highest BCUT2D eigenvalue weighted by Crippen LogP contribution is 1.95. The Morgan fingerprint density at radius 1 is 1.57 bits per heavy atom. The van der Waals surface area contributed by atoms with E-state index in [1.165, 1.54) is 0 Å². The number of hydrogen-bond acceptors (Lipinski definition) is 3. The number of amides is 1. The largest absolute Gasteiger partial charge is 0.354 e. The van der Waals surface area contributed by atoms with Crippen LogP contribution in [0.1, 0.15) is 12.5 Å². The molecule has 4 heteroatoms. The molecule has 1 rings (SSSR count). The van der Waals surface area contributed by atoms with Crippen LogP contribution < -0.4 is 11.1 Å². The van der Waals surface area contributed by atoms with E-state index < -0.39 is 6.04 Å². The second-order valence-corrected chi connectivity index (χ2v) is 3.19. The number of rotatable bonds is 4. The molecule has 0 spiro atoms. The van der Waals surface area contributed by atoms with Crippen LogP contribution in [0.2, 0.25) is 0 Å². The molecule has 0 fully saturated rings. The summed E-state index contributed by atoms with van der Waals surface area (Å²) in [6.07, 6.45) is 4.28. The lowest BCUT2D eigenvalue weighted by atomic mass is 10.2. The molecule has 1 aromatic heterocycles. The van der Waals surface area contributed by atoms with Gasteiger partial charge in [0.05, 0.1) is 6.04 Å². The van der Waals surface area contributed by atoms with Crippen LogP contribution in [-0.4, -0.2) is 23.5 Å². The van der Waals surface area contributed by atoms with Crippen LogP contribution in [0.15, 0.2) is 24.5 Å². The molecule has 1 aromatic rings. The zero-order chi connectivity index (χ0) is 10.4. The van der Waals surface area contributed by atoms with Crippen LogP contribution in [0.5, 0.6) is 0 Å². The van der Waals surface area contributed by atoms with E-state index in [0.717, 1.165) is 12.0 Å². The summed E-state index contributed by atoms with van der Waals surface area (Å²) < 4.78 is 0. The van der Waals surface area contributed by atoms with Crippen LogP contribution in [0.25, 0.3) is 0 Å². The Hall–Kier alpha value is -1.42. The Bertz CT molecular complexity index is 285. The van der Waals surface area contributed by atoms with Gasteiger partial charge in [0.1, 0.15) is 0 Å². The summed E-state index contributed by atoms with van der Waals surface area (Å²) in [5, 5.41) is 2.75. The molecular formula is C10H15N3O. The molecule has 0 unspecified atom stereocenters. The van der Waals surface area contributed by atoms with E-state index in [2.05, 4.69) is 10.3 Å². The molecule has 0 bridgehead atoms. The lowest BCUT2D eigenvalue weighted by molar-refractivity contribution is -0.121. The third-order valence-electron chi connectivity index (χ3n) is 1.88. The first-order chi connectivity index (χ1) is 6.70. The summed E-state index contributed by atoms with van der Waals surface area (Å²) in [5.74, 6) is -0.112. The standard InChI is InChI=1S/C10H15N3O/c1-8(11)10(14)13-7-4-9-2-5-12-6-3-9/h2-3,5-6,8H,4,7,11H2,1H3,(H,13,14)/t8-/m1/s1. The predicted octanol–water partition coefficient (Wildman–Crippen LogP) is 0.0875. The summed E-state index contributed by atoms with van der Waals surface area (Å²) in [6.45, 7) is 2.28. The molecule has 0 radical (unpaired) electrons. The molecule has 3 N–H and O–H groups in total. The van der Waals surface area contributed by atoms with Crippen molar-refractivity contribution in [3.05, 3.63) is 30.1 Å². The topological polar surface area (TPSA) is 68.0 Å². The average Bonchev–Trinajstić information content (AvgIpc) is 2.19. The second kappa shape index (κ2) is 5.34. The van der Waals surface area contributed by atoms with Crippen molar-refractivity contribution in [1.29, 1.82) is 0 Å². The Morgan fingerprint density at radius 3 is 2.79 bits per heavy atom. The van der Waals surface area contributed by atoms with Crippen molar-refractivity contribution in [2.45, 2.75) is 19.4 Å². The fraction of sp³-hybridized carbons (Fsp3) is 0.400. The van der Waals surface area contributed by atoms with Crippen molar-refractivity contribution in [3.63, 3.8) is 0 Å². The molecule has 4 nitrogen and oxygen atoms in total. The Labute approximate surface area is 83.5 Å². The van der Waals surface area contributed by atoms with E-state index in [4.69, 9.17) is 5.73 Å². The zero-order valence-electron chi connectivity index (χ0n) is 8.23. The maximum absolute atomic E-state index is 11.1. The lowest BCUT2D eigenvalue weighted by Crippen LogP contribution is -2.39. The number of nitrogens with one attached hydrogen (secondary N) is 1. The van der Waals surface area contributed by atoms with E-state index >= 15 is 0 Å². The molecule has 0 saturated heterocycles. The molecule has 0 aliphatic rings. The van der Waals surface area contributed by atoms with E-state index in [1.54, 1.807) is 19.3 Å². The number of pyridine rings is 1. The highest BCUT2D eigenvalue weighted by atomic mass is 16.2. The Kier molecular flexibility index (Phi) is 4.07. The number of nitrogens with two attached hydrogens (primary N) is 1. The van der Waals surface area contributed by atoms with E-state index in [9.17, 15) is 4.79 Å². The first kappa shape index (κ1) is 10.7. The summed E-state index contributed by atoms with van der Waals surface area (Å²) >= 11 is 0. The van der Waals surface area contributed by atoms with Crippen LogP contribution in [-0.2, 0) is 11.2 Å². The van der Waals surface area contributed by atoms with Gasteiger partial charge >= 0.3 is 0 Å². The molecule has 14 heavy (non-hydrogen) atoms. The van der Waals surface area contributed by atoms with Gasteiger partial charge in [-0.25, -0.2) is 0 Å². The molecule has 0 aromatic carbocycles. The van der Waals surface area contributed by atoms with E-state index in [1.807, 2.05) is 12.1 Å². The zero-order valence-corrected chi connectivity index (χ0v) is 8.23. The number of aromatic nitrogens is 1. The maximum atomic E-state index is 11.1. The molecule has 1 atom stereocenters. The molecule has 76 valence electrons. The van der Waals surface area contributed by atoms with Crippen molar-refractivity contribution < 1.29 is 4.79 Å². The molecule has 0 aliphatic heterocycles. The van der Waals surface area contributed by atoms with Gasteiger partial charge in [-0.2, -0.15) is 0 Å². The van der Waals surface area contributed by atoms with E-state index in [-0.39, 0.29) is 5.91 Å². The normalized spacial score (nSPS) is 12.1. The van der Waals surface area contributed by atoms with Crippen molar-refractivity contribution in [1.82, 2.24) is 10.3 Å². The van der Waals surface area contributed by atoms with Crippen molar-refractivity contribution in [2.24, 2.45) is 5.73 Å². The number of nitrogens with zero attached hydrogens (tertiary/aromatic N) is 1. The minimum atomic E-state index is -0.438. The van der Waals surface area contributed by atoms with Crippen molar-refractivity contribution in [2.75, 3.05) is 6.54 Å². The maximum Gasteiger partial charge on any atom is 0.236 e. The fourth-order valence-electron chi connectivity index (χ4n) is 1.04. The second-order valence-electron chi connectivity index (χ2n) is 3.19. The van der Waals surface area contributed by atoms with Gasteiger partial charge in [-0.15, -0.1) is 0 Å². The van der Waals surface area contributed by atoms with Crippen molar-refractivity contribution in [3.8, 4) is 0 Å². The first-order valence-corrected chi connectivity index (χ1v) is 4.62. The van der Waals surface area contributed by atoms with Crippen molar-refractivity contribution >= 4 is 5.91 Å². The predicted molar refractivity (Wildman–Crippen MR) is 54.6 cm³/mol.